The van der Waals surface area contributed by atoms with E-state index in [2.05, 4.69) is 4.72 Å². The molecule has 0 aliphatic carbocycles. The largest absolute Gasteiger partial charge is 0.463 e. The summed E-state index contributed by atoms with van der Waals surface area (Å²) in [4.78, 5) is 23.4. The van der Waals surface area contributed by atoms with Crippen LogP contribution in [0.1, 0.15) is 31.4 Å². The van der Waals surface area contributed by atoms with E-state index in [1.807, 2.05) is 37.3 Å². The summed E-state index contributed by atoms with van der Waals surface area (Å²) in [6, 6.07) is 15.5. The van der Waals surface area contributed by atoms with Crippen molar-refractivity contribution in [2.75, 3.05) is 6.61 Å². The van der Waals surface area contributed by atoms with Gasteiger partial charge in [0.25, 0.3) is 0 Å². The van der Waals surface area contributed by atoms with Crippen molar-refractivity contribution in [1.82, 2.24) is 4.72 Å². The molecular formula is C24H29NO7S2. The molecule has 1 aliphatic rings. The Morgan fingerprint density at radius 1 is 1.06 bits per heavy atom. The molecule has 2 aromatic rings. The molecule has 10 heteroatoms. The van der Waals surface area contributed by atoms with Crippen molar-refractivity contribution in [1.29, 1.82) is 0 Å². The summed E-state index contributed by atoms with van der Waals surface area (Å²) >= 11 is 1.50. The van der Waals surface area contributed by atoms with E-state index in [4.69, 9.17) is 14.2 Å². The second-order valence-corrected chi connectivity index (χ2v) is 10.9. The predicted octanol–water partition coefficient (Wildman–Crippen LogP) is 3.19. The molecule has 1 heterocycles. The first-order valence-corrected chi connectivity index (χ1v) is 13.4. The molecule has 0 spiro atoms. The van der Waals surface area contributed by atoms with Gasteiger partial charge in [-0.3, -0.25) is 9.59 Å². The van der Waals surface area contributed by atoms with E-state index in [0.717, 1.165) is 11.1 Å². The zero-order chi connectivity index (χ0) is 24.7. The highest BCUT2D eigenvalue weighted by molar-refractivity contribution is 7.99. The Labute approximate surface area is 204 Å². The van der Waals surface area contributed by atoms with Gasteiger partial charge >= 0.3 is 11.9 Å². The van der Waals surface area contributed by atoms with Crippen LogP contribution >= 0.6 is 11.8 Å². The van der Waals surface area contributed by atoms with E-state index >= 15 is 0 Å². The zero-order valence-electron chi connectivity index (χ0n) is 19.3. The molecule has 0 radical (unpaired) electrons. The zero-order valence-corrected chi connectivity index (χ0v) is 20.9. The van der Waals surface area contributed by atoms with Crippen molar-refractivity contribution in [3.63, 3.8) is 0 Å². The average molecular weight is 508 g/mol. The number of nitrogens with one attached hydrogen (secondary N) is 1. The van der Waals surface area contributed by atoms with E-state index in [-0.39, 0.29) is 17.9 Å². The van der Waals surface area contributed by atoms with E-state index in [9.17, 15) is 18.0 Å². The maximum Gasteiger partial charge on any atom is 0.303 e. The first kappa shape index (κ1) is 26.2. The number of carbonyl (C=O) groups is 2. The number of sulfonamides is 1. The minimum absolute atomic E-state index is 0.108. The molecule has 1 aliphatic heterocycles. The van der Waals surface area contributed by atoms with Crippen molar-refractivity contribution < 1.29 is 32.2 Å². The molecule has 0 bridgehead atoms. The maximum atomic E-state index is 13.1. The Bertz CT molecular complexity index is 1070. The van der Waals surface area contributed by atoms with Crippen LogP contribution in [0.15, 0.2) is 59.5 Å². The molecule has 8 nitrogen and oxygen atoms in total. The number of benzene rings is 2. The third-order valence-corrected chi connectivity index (χ3v) is 7.89. The number of hydrogen-bond acceptors (Lipinski definition) is 8. The number of rotatable bonds is 9. The number of thioether (sulfide) groups is 1. The van der Waals surface area contributed by atoms with Crippen molar-refractivity contribution in [3.05, 3.63) is 65.7 Å². The standard InChI is InChI=1S/C24H29NO7S2/c1-16-9-11-20(12-10-16)34(28,29)25-21-13-23(33-15-19-7-5-4-6-8-19)32-22(14-30-17(2)26)24(21)31-18(3)27/h4-12,21-25H,13-15H2,1-3H3/t21-,22+,23+,24-/m0/s1. The summed E-state index contributed by atoms with van der Waals surface area (Å²) in [7, 11) is -3.90. The number of ether oxygens (including phenoxy) is 3. The quantitative estimate of drug-likeness (QED) is 0.516. The lowest BCUT2D eigenvalue weighted by atomic mass is 10.0. The summed E-state index contributed by atoms with van der Waals surface area (Å²) in [5.74, 6) is -0.459. The van der Waals surface area contributed by atoms with Crippen molar-refractivity contribution in [2.45, 2.75) is 61.5 Å². The molecule has 1 fully saturated rings. The van der Waals surface area contributed by atoms with Crippen LogP contribution in [0.3, 0.4) is 0 Å². The SMILES string of the molecule is CC(=O)OC[C@H]1O[C@H](SCc2ccccc2)C[C@H](NS(=O)(=O)c2ccc(C)cc2)[C@@H]1OC(C)=O. The molecule has 1 N–H and O–H groups in total. The fraction of sp³-hybridized carbons (Fsp3) is 0.417. The fourth-order valence-corrected chi connectivity index (χ4v) is 5.98. The van der Waals surface area contributed by atoms with Crippen LogP contribution in [0, 0.1) is 6.92 Å². The van der Waals surface area contributed by atoms with Gasteiger partial charge in [-0.05, 0) is 24.6 Å². The van der Waals surface area contributed by atoms with Gasteiger partial charge in [0.05, 0.1) is 10.9 Å². The number of aryl methyl sites for hydroxylation is 1. The van der Waals surface area contributed by atoms with Gasteiger partial charge in [-0.25, -0.2) is 13.1 Å². The second-order valence-electron chi connectivity index (χ2n) is 8.05. The molecule has 4 atom stereocenters. The summed E-state index contributed by atoms with van der Waals surface area (Å²) in [5.41, 5.74) is 1.60. The predicted molar refractivity (Wildman–Crippen MR) is 128 cm³/mol. The van der Waals surface area contributed by atoms with Crippen LogP contribution in [0.4, 0.5) is 0 Å². The van der Waals surface area contributed by atoms with Gasteiger partial charge in [-0.15, -0.1) is 11.8 Å². The van der Waals surface area contributed by atoms with Crippen LogP contribution in [0.25, 0.3) is 0 Å². The molecule has 0 saturated carbocycles. The molecule has 0 aromatic heterocycles. The van der Waals surface area contributed by atoms with Gasteiger partial charge in [0.15, 0.2) is 0 Å². The summed E-state index contributed by atoms with van der Waals surface area (Å²) in [5, 5.41) is 0. The molecule has 34 heavy (non-hydrogen) atoms. The highest BCUT2D eigenvalue weighted by Crippen LogP contribution is 2.32. The highest BCUT2D eigenvalue weighted by atomic mass is 32.2. The summed E-state index contributed by atoms with van der Waals surface area (Å²) in [6.07, 6.45) is -1.54. The Morgan fingerprint density at radius 3 is 2.35 bits per heavy atom. The monoisotopic (exact) mass is 507 g/mol. The van der Waals surface area contributed by atoms with Gasteiger partial charge in [-0.2, -0.15) is 0 Å². The Morgan fingerprint density at radius 2 is 1.74 bits per heavy atom. The van der Waals surface area contributed by atoms with Gasteiger partial charge in [0, 0.05) is 26.0 Å². The molecule has 1 saturated heterocycles. The van der Waals surface area contributed by atoms with E-state index in [1.54, 1.807) is 12.1 Å². The number of hydrogen-bond donors (Lipinski definition) is 1. The normalized spacial score (nSPS) is 22.7. The smallest absolute Gasteiger partial charge is 0.303 e. The van der Waals surface area contributed by atoms with E-state index < -0.39 is 45.6 Å². The molecule has 3 rings (SSSR count). The summed E-state index contributed by atoms with van der Waals surface area (Å²) in [6.45, 7) is 4.21. The van der Waals surface area contributed by atoms with Gasteiger partial charge in [0.1, 0.15) is 24.3 Å². The third kappa shape index (κ3) is 7.56. The van der Waals surface area contributed by atoms with Crippen LogP contribution in [0.5, 0.6) is 0 Å². The van der Waals surface area contributed by atoms with Crippen LogP contribution in [-0.4, -0.2) is 50.6 Å². The lowest BCUT2D eigenvalue weighted by molar-refractivity contribution is -0.176. The molecule has 184 valence electrons. The van der Waals surface area contributed by atoms with Crippen LogP contribution < -0.4 is 4.72 Å². The molecular weight excluding hydrogens is 478 g/mol. The van der Waals surface area contributed by atoms with Crippen LogP contribution in [0.2, 0.25) is 0 Å². The maximum absolute atomic E-state index is 13.1. The summed E-state index contributed by atoms with van der Waals surface area (Å²) < 4.78 is 45.6. The lowest BCUT2D eigenvalue weighted by Crippen LogP contribution is -2.57. The minimum atomic E-state index is -3.90. The average Bonchev–Trinajstić information content (AvgIpc) is 2.78. The Hall–Kier alpha value is -2.40. The van der Waals surface area contributed by atoms with Gasteiger partial charge in [-0.1, -0.05) is 48.0 Å². The Kier molecular flexibility index (Phi) is 9.12. The molecule has 2 aromatic carbocycles. The number of carbonyl (C=O) groups excluding carboxylic acids is 2. The van der Waals surface area contributed by atoms with Crippen molar-refractivity contribution in [2.24, 2.45) is 0 Å². The van der Waals surface area contributed by atoms with E-state index in [0.29, 0.717) is 5.75 Å². The topological polar surface area (TPSA) is 108 Å². The number of esters is 2. The highest BCUT2D eigenvalue weighted by Gasteiger charge is 2.43. The van der Waals surface area contributed by atoms with Crippen molar-refractivity contribution in [3.8, 4) is 0 Å². The minimum Gasteiger partial charge on any atom is -0.463 e. The first-order valence-electron chi connectivity index (χ1n) is 10.8. The van der Waals surface area contributed by atoms with Gasteiger partial charge < -0.3 is 14.2 Å². The first-order chi connectivity index (χ1) is 16.1. The second kappa shape index (κ2) is 11.8. The molecule has 0 unspecified atom stereocenters. The Balaban J connectivity index is 1.84. The van der Waals surface area contributed by atoms with Crippen molar-refractivity contribution >= 4 is 33.7 Å². The third-order valence-electron chi connectivity index (χ3n) is 5.21. The fourth-order valence-electron chi connectivity index (χ4n) is 3.58. The van der Waals surface area contributed by atoms with E-state index in [1.165, 1.54) is 37.7 Å². The molecule has 0 amide bonds. The van der Waals surface area contributed by atoms with Gasteiger partial charge in [0.2, 0.25) is 10.0 Å². The lowest BCUT2D eigenvalue weighted by Gasteiger charge is -2.40. The van der Waals surface area contributed by atoms with Crippen LogP contribution in [-0.2, 0) is 39.6 Å².